The molecule has 1 aromatic carbocycles. The first-order chi connectivity index (χ1) is 9.63. The number of ether oxygens (including phenoxy) is 2. The molecule has 0 aliphatic carbocycles. The average Bonchev–Trinajstić information content (AvgIpc) is 2.45. The van der Waals surface area contributed by atoms with Gasteiger partial charge in [-0.15, -0.1) is 0 Å². The van der Waals surface area contributed by atoms with Gasteiger partial charge in [-0.05, 0) is 38.1 Å². The fourth-order valence-corrected chi connectivity index (χ4v) is 3.04. The molecule has 1 fully saturated rings. The molecule has 112 valence electrons. The zero-order valence-corrected chi connectivity index (χ0v) is 12.5. The smallest absolute Gasteiger partial charge is 0.126 e. The molecule has 1 aliphatic heterocycles. The fraction of sp³-hybridized carbons (Fsp3) is 0.625. The summed E-state index contributed by atoms with van der Waals surface area (Å²) in [5.74, 6) is -0.165. The zero-order chi connectivity index (χ0) is 14.6. The summed E-state index contributed by atoms with van der Waals surface area (Å²) >= 11 is 0. The molecular formula is C16H24FNO2. The van der Waals surface area contributed by atoms with Gasteiger partial charge in [0, 0.05) is 32.7 Å². The van der Waals surface area contributed by atoms with E-state index in [0.717, 1.165) is 18.4 Å². The van der Waals surface area contributed by atoms with Crippen LogP contribution in [0.1, 0.15) is 36.9 Å². The standard InChI is InChI=1S/C16H24FNO2/c1-4-20-16(7-9-19-10-8-16)15(18-3)13-6-5-12(2)14(17)11-13/h5-6,11,15,18H,4,7-10H2,1-3H3. The zero-order valence-electron chi connectivity index (χ0n) is 12.5. The first-order valence-electron chi connectivity index (χ1n) is 7.28. The molecule has 1 heterocycles. The summed E-state index contributed by atoms with van der Waals surface area (Å²) < 4.78 is 25.4. The van der Waals surface area contributed by atoms with Crippen LogP contribution in [0.5, 0.6) is 0 Å². The summed E-state index contributed by atoms with van der Waals surface area (Å²) in [6.07, 6.45) is 1.64. The summed E-state index contributed by atoms with van der Waals surface area (Å²) in [5, 5.41) is 3.31. The predicted molar refractivity (Wildman–Crippen MR) is 77.3 cm³/mol. The fourth-order valence-electron chi connectivity index (χ4n) is 3.04. The Kier molecular flexibility index (Phi) is 5.13. The van der Waals surface area contributed by atoms with E-state index in [2.05, 4.69) is 5.32 Å². The van der Waals surface area contributed by atoms with Crippen LogP contribution in [0, 0.1) is 12.7 Å². The van der Waals surface area contributed by atoms with E-state index >= 15 is 0 Å². The van der Waals surface area contributed by atoms with Gasteiger partial charge in [-0.2, -0.15) is 0 Å². The molecular weight excluding hydrogens is 257 g/mol. The maximum Gasteiger partial charge on any atom is 0.126 e. The van der Waals surface area contributed by atoms with Crippen molar-refractivity contribution in [3.63, 3.8) is 0 Å². The quantitative estimate of drug-likeness (QED) is 0.900. The highest BCUT2D eigenvalue weighted by molar-refractivity contribution is 5.28. The molecule has 1 N–H and O–H groups in total. The summed E-state index contributed by atoms with van der Waals surface area (Å²) in [4.78, 5) is 0. The Balaban J connectivity index is 2.34. The van der Waals surface area contributed by atoms with Crippen molar-refractivity contribution in [1.29, 1.82) is 0 Å². The maximum atomic E-state index is 13.9. The third-order valence-electron chi connectivity index (χ3n) is 4.11. The van der Waals surface area contributed by atoms with Gasteiger partial charge in [-0.25, -0.2) is 4.39 Å². The van der Waals surface area contributed by atoms with Crippen LogP contribution in [-0.4, -0.2) is 32.5 Å². The van der Waals surface area contributed by atoms with Crippen molar-refractivity contribution in [3.8, 4) is 0 Å². The second kappa shape index (κ2) is 6.66. The lowest BCUT2D eigenvalue weighted by Crippen LogP contribution is -2.49. The minimum absolute atomic E-state index is 0.0264. The van der Waals surface area contributed by atoms with Crippen molar-refractivity contribution in [1.82, 2.24) is 5.32 Å². The number of hydrogen-bond donors (Lipinski definition) is 1. The lowest BCUT2D eigenvalue weighted by Gasteiger charge is -2.43. The van der Waals surface area contributed by atoms with Gasteiger partial charge in [0.25, 0.3) is 0 Å². The minimum atomic E-state index is -0.316. The van der Waals surface area contributed by atoms with E-state index in [1.807, 2.05) is 26.1 Å². The highest BCUT2D eigenvalue weighted by Gasteiger charge is 2.41. The molecule has 1 unspecified atom stereocenters. The van der Waals surface area contributed by atoms with E-state index in [4.69, 9.17) is 9.47 Å². The average molecular weight is 281 g/mol. The van der Waals surface area contributed by atoms with E-state index in [9.17, 15) is 4.39 Å². The molecule has 20 heavy (non-hydrogen) atoms. The van der Waals surface area contributed by atoms with Crippen molar-refractivity contribution in [2.45, 2.75) is 38.3 Å². The minimum Gasteiger partial charge on any atom is -0.381 e. The molecule has 4 heteroatoms. The van der Waals surface area contributed by atoms with Crippen LogP contribution < -0.4 is 5.32 Å². The molecule has 1 aromatic rings. The molecule has 0 saturated carbocycles. The Morgan fingerprint density at radius 3 is 2.65 bits per heavy atom. The van der Waals surface area contributed by atoms with Crippen molar-refractivity contribution in [2.75, 3.05) is 26.9 Å². The SMILES string of the molecule is CCOC1(C(NC)c2ccc(C)c(F)c2)CCOCC1. The van der Waals surface area contributed by atoms with E-state index in [0.29, 0.717) is 25.4 Å². The van der Waals surface area contributed by atoms with Gasteiger partial charge in [0.1, 0.15) is 5.82 Å². The van der Waals surface area contributed by atoms with Crippen LogP contribution in [0.15, 0.2) is 18.2 Å². The van der Waals surface area contributed by atoms with Gasteiger partial charge >= 0.3 is 0 Å². The predicted octanol–water partition coefficient (Wildman–Crippen LogP) is 2.98. The Morgan fingerprint density at radius 1 is 1.40 bits per heavy atom. The Labute approximate surface area is 120 Å². The van der Waals surface area contributed by atoms with Gasteiger partial charge in [0.05, 0.1) is 11.6 Å². The number of hydrogen-bond acceptors (Lipinski definition) is 3. The Morgan fingerprint density at radius 2 is 2.10 bits per heavy atom. The third kappa shape index (κ3) is 3.03. The second-order valence-corrected chi connectivity index (χ2v) is 5.34. The maximum absolute atomic E-state index is 13.9. The number of halogens is 1. The van der Waals surface area contributed by atoms with Crippen LogP contribution in [-0.2, 0) is 9.47 Å². The van der Waals surface area contributed by atoms with Gasteiger partial charge < -0.3 is 14.8 Å². The largest absolute Gasteiger partial charge is 0.381 e. The number of likely N-dealkylation sites (N-methyl/N-ethyl adjacent to an activating group) is 1. The second-order valence-electron chi connectivity index (χ2n) is 5.34. The topological polar surface area (TPSA) is 30.5 Å². The van der Waals surface area contributed by atoms with Gasteiger partial charge in [0.15, 0.2) is 0 Å². The first kappa shape index (κ1) is 15.4. The molecule has 1 aliphatic rings. The molecule has 0 radical (unpaired) electrons. The summed E-state index contributed by atoms with van der Waals surface area (Å²) in [6, 6.07) is 5.40. The molecule has 1 atom stereocenters. The highest BCUT2D eigenvalue weighted by Crippen LogP contribution is 2.38. The van der Waals surface area contributed by atoms with Crippen LogP contribution >= 0.6 is 0 Å². The summed E-state index contributed by atoms with van der Waals surface area (Å²) in [7, 11) is 1.90. The Hall–Kier alpha value is -0.970. The lowest BCUT2D eigenvalue weighted by atomic mass is 9.82. The van der Waals surface area contributed by atoms with Crippen molar-refractivity contribution >= 4 is 0 Å². The van der Waals surface area contributed by atoms with Crippen LogP contribution in [0.4, 0.5) is 4.39 Å². The normalized spacial score (nSPS) is 19.8. The lowest BCUT2D eigenvalue weighted by molar-refractivity contribution is -0.127. The number of nitrogens with one attached hydrogen (secondary N) is 1. The monoisotopic (exact) mass is 281 g/mol. The third-order valence-corrected chi connectivity index (χ3v) is 4.11. The van der Waals surface area contributed by atoms with Gasteiger partial charge in [-0.1, -0.05) is 12.1 Å². The van der Waals surface area contributed by atoms with Crippen LogP contribution in [0.25, 0.3) is 0 Å². The number of benzene rings is 1. The van der Waals surface area contributed by atoms with E-state index < -0.39 is 0 Å². The molecule has 2 rings (SSSR count). The van der Waals surface area contributed by atoms with Crippen LogP contribution in [0.3, 0.4) is 0 Å². The summed E-state index contributed by atoms with van der Waals surface area (Å²) in [5.41, 5.74) is 1.29. The molecule has 1 saturated heterocycles. The molecule has 3 nitrogen and oxygen atoms in total. The van der Waals surface area contributed by atoms with E-state index in [1.165, 1.54) is 0 Å². The van der Waals surface area contributed by atoms with Crippen molar-refractivity contribution < 1.29 is 13.9 Å². The first-order valence-corrected chi connectivity index (χ1v) is 7.28. The molecule has 0 bridgehead atoms. The van der Waals surface area contributed by atoms with Gasteiger partial charge in [0.2, 0.25) is 0 Å². The van der Waals surface area contributed by atoms with Crippen molar-refractivity contribution in [2.24, 2.45) is 0 Å². The molecule has 0 aromatic heterocycles. The summed E-state index contributed by atoms with van der Waals surface area (Å²) in [6.45, 7) is 5.80. The van der Waals surface area contributed by atoms with Crippen LogP contribution in [0.2, 0.25) is 0 Å². The molecule has 0 amide bonds. The van der Waals surface area contributed by atoms with Gasteiger partial charge in [-0.3, -0.25) is 0 Å². The Bertz CT molecular complexity index is 439. The highest BCUT2D eigenvalue weighted by atomic mass is 19.1. The van der Waals surface area contributed by atoms with E-state index in [-0.39, 0.29) is 17.5 Å². The van der Waals surface area contributed by atoms with Crippen molar-refractivity contribution in [3.05, 3.63) is 35.1 Å². The van der Waals surface area contributed by atoms with E-state index in [1.54, 1.807) is 13.0 Å². The molecule has 0 spiro atoms. The number of aryl methyl sites for hydroxylation is 1. The number of rotatable bonds is 5.